The van der Waals surface area contributed by atoms with Gasteiger partial charge in [-0.05, 0) is 25.7 Å². The summed E-state index contributed by atoms with van der Waals surface area (Å²) in [7, 11) is 0. The summed E-state index contributed by atoms with van der Waals surface area (Å²) in [6, 6.07) is 0.813. The predicted octanol–water partition coefficient (Wildman–Crippen LogP) is 2.80. The first-order valence-electron chi connectivity index (χ1n) is 7.26. The second kappa shape index (κ2) is 6.53. The number of nitrogens with one attached hydrogen (secondary N) is 2. The zero-order valence-electron chi connectivity index (χ0n) is 12.4. The molecule has 2 rings (SSSR count). The van der Waals surface area contributed by atoms with Gasteiger partial charge >= 0.3 is 0 Å². The van der Waals surface area contributed by atoms with Crippen molar-refractivity contribution in [2.45, 2.75) is 51.2 Å². The molecule has 1 saturated heterocycles. The molecule has 0 aromatic carbocycles. The zero-order chi connectivity index (χ0) is 15.5. The molecule has 21 heavy (non-hydrogen) atoms. The highest BCUT2D eigenvalue weighted by Crippen LogP contribution is 2.33. The van der Waals surface area contributed by atoms with Crippen molar-refractivity contribution in [1.82, 2.24) is 4.98 Å². The van der Waals surface area contributed by atoms with Crippen LogP contribution >= 0.6 is 0 Å². The van der Waals surface area contributed by atoms with Crippen molar-refractivity contribution in [2.75, 3.05) is 17.3 Å². The highest BCUT2D eigenvalue weighted by atomic mass is 19.1. The number of nitrogen functional groups attached to an aromatic ring is 1. The Kier molecular flexibility index (Phi) is 4.95. The van der Waals surface area contributed by atoms with E-state index in [4.69, 9.17) is 10.6 Å². The number of anilines is 2. The van der Waals surface area contributed by atoms with Crippen LogP contribution in [0, 0.1) is 11.6 Å². The standard InChI is InChI=1S/C14H22F2N4O/c1-3-14(4-2)8-9(5-6-21-14)18-12-10(15)7-11(16)13(19-12)20-17/h7,9H,3-6,8,17H2,1-2H3,(H2,18,19,20). The Morgan fingerprint density at radius 3 is 2.62 bits per heavy atom. The van der Waals surface area contributed by atoms with Crippen LogP contribution in [-0.2, 0) is 4.74 Å². The molecule has 5 nitrogen and oxygen atoms in total. The van der Waals surface area contributed by atoms with Crippen LogP contribution < -0.4 is 16.6 Å². The summed E-state index contributed by atoms with van der Waals surface area (Å²) in [5.41, 5.74) is 1.94. The third-order valence-electron chi connectivity index (χ3n) is 4.19. The minimum absolute atomic E-state index is 0.0114. The van der Waals surface area contributed by atoms with Crippen molar-refractivity contribution in [2.24, 2.45) is 5.84 Å². The Hall–Kier alpha value is -1.47. The van der Waals surface area contributed by atoms with Crippen LogP contribution in [0.5, 0.6) is 0 Å². The van der Waals surface area contributed by atoms with E-state index in [1.165, 1.54) is 0 Å². The first kappa shape index (κ1) is 15.9. The first-order chi connectivity index (χ1) is 10.0. The Labute approximate surface area is 123 Å². The molecule has 1 atom stereocenters. The minimum Gasteiger partial charge on any atom is -0.375 e. The van der Waals surface area contributed by atoms with Gasteiger partial charge in [-0.1, -0.05) is 13.8 Å². The van der Waals surface area contributed by atoms with Crippen molar-refractivity contribution in [3.63, 3.8) is 0 Å². The fourth-order valence-corrected chi connectivity index (χ4v) is 2.76. The lowest BCUT2D eigenvalue weighted by Crippen LogP contribution is -2.43. The number of nitrogens with zero attached hydrogens (tertiary/aromatic N) is 1. The summed E-state index contributed by atoms with van der Waals surface area (Å²) in [5, 5.41) is 3.05. The number of halogens is 2. The van der Waals surface area contributed by atoms with Crippen LogP contribution in [-0.4, -0.2) is 23.2 Å². The van der Waals surface area contributed by atoms with Crippen LogP contribution in [0.15, 0.2) is 6.07 Å². The third kappa shape index (κ3) is 3.41. The summed E-state index contributed by atoms with van der Waals surface area (Å²) in [6.45, 7) is 4.78. The van der Waals surface area contributed by atoms with Gasteiger partial charge in [-0.3, -0.25) is 0 Å². The van der Waals surface area contributed by atoms with Gasteiger partial charge in [0.1, 0.15) is 0 Å². The minimum atomic E-state index is -0.816. The largest absolute Gasteiger partial charge is 0.375 e. The molecule has 0 saturated carbocycles. The molecule has 0 aliphatic carbocycles. The molecule has 0 radical (unpaired) electrons. The van der Waals surface area contributed by atoms with Crippen LogP contribution in [0.3, 0.4) is 0 Å². The molecular weight excluding hydrogens is 278 g/mol. The van der Waals surface area contributed by atoms with E-state index in [1.807, 2.05) is 0 Å². The van der Waals surface area contributed by atoms with Crippen molar-refractivity contribution >= 4 is 11.6 Å². The molecule has 4 N–H and O–H groups in total. The summed E-state index contributed by atoms with van der Waals surface area (Å²) < 4.78 is 33.0. The van der Waals surface area contributed by atoms with Crippen LogP contribution in [0.1, 0.15) is 39.5 Å². The fraction of sp³-hybridized carbons (Fsp3) is 0.643. The first-order valence-corrected chi connectivity index (χ1v) is 7.26. The molecule has 1 aliphatic rings. The molecular formula is C14H22F2N4O. The Morgan fingerprint density at radius 2 is 2.00 bits per heavy atom. The van der Waals surface area contributed by atoms with Gasteiger partial charge in [-0.25, -0.2) is 19.6 Å². The lowest BCUT2D eigenvalue weighted by molar-refractivity contribution is -0.0865. The molecule has 1 aromatic heterocycles. The topological polar surface area (TPSA) is 72.2 Å². The number of hydrogen-bond acceptors (Lipinski definition) is 5. The summed E-state index contributed by atoms with van der Waals surface area (Å²) in [6.07, 6.45) is 3.32. The summed E-state index contributed by atoms with van der Waals surface area (Å²) >= 11 is 0. The normalized spacial score (nSPS) is 21.1. The van der Waals surface area contributed by atoms with Crippen LogP contribution in [0.4, 0.5) is 20.4 Å². The van der Waals surface area contributed by atoms with Crippen molar-refractivity contribution in [1.29, 1.82) is 0 Å². The van der Waals surface area contributed by atoms with Crippen molar-refractivity contribution in [3.8, 4) is 0 Å². The number of hydrogen-bond donors (Lipinski definition) is 3. The van der Waals surface area contributed by atoms with Crippen molar-refractivity contribution in [3.05, 3.63) is 17.7 Å². The second-order valence-corrected chi connectivity index (χ2v) is 5.37. The van der Waals surface area contributed by atoms with E-state index < -0.39 is 11.6 Å². The van der Waals surface area contributed by atoms with Gasteiger partial charge in [0.2, 0.25) is 0 Å². The SMILES string of the molecule is CCC1(CC)CC(Nc2nc(NN)c(F)cc2F)CCO1. The van der Waals surface area contributed by atoms with E-state index in [1.54, 1.807) is 0 Å². The van der Waals surface area contributed by atoms with Crippen LogP contribution in [0.2, 0.25) is 0 Å². The van der Waals surface area contributed by atoms with Crippen LogP contribution in [0.25, 0.3) is 0 Å². The average Bonchev–Trinajstić information content (AvgIpc) is 2.50. The van der Waals surface area contributed by atoms with E-state index in [2.05, 4.69) is 29.6 Å². The van der Waals surface area contributed by atoms with E-state index in [0.717, 1.165) is 31.7 Å². The molecule has 0 spiro atoms. The van der Waals surface area contributed by atoms with Gasteiger partial charge in [0.05, 0.1) is 5.60 Å². The molecule has 1 aromatic rings. The number of pyridine rings is 1. The number of nitrogens with two attached hydrogens (primary N) is 1. The number of rotatable bonds is 5. The van der Waals surface area contributed by atoms with Gasteiger partial charge in [-0.2, -0.15) is 0 Å². The highest BCUT2D eigenvalue weighted by Gasteiger charge is 2.34. The Balaban J connectivity index is 2.14. The Morgan fingerprint density at radius 1 is 1.33 bits per heavy atom. The smallest absolute Gasteiger partial charge is 0.178 e. The van der Waals surface area contributed by atoms with Gasteiger partial charge in [0, 0.05) is 18.7 Å². The monoisotopic (exact) mass is 300 g/mol. The molecule has 1 unspecified atom stereocenters. The number of hydrazine groups is 1. The van der Waals surface area contributed by atoms with Gasteiger partial charge in [0.15, 0.2) is 23.3 Å². The lowest BCUT2D eigenvalue weighted by atomic mass is 9.86. The van der Waals surface area contributed by atoms with Gasteiger partial charge < -0.3 is 15.5 Å². The maximum atomic E-state index is 13.8. The van der Waals surface area contributed by atoms with Gasteiger partial charge in [0.25, 0.3) is 0 Å². The molecule has 1 fully saturated rings. The maximum absolute atomic E-state index is 13.8. The summed E-state index contributed by atoms with van der Waals surface area (Å²) in [4.78, 5) is 3.85. The summed E-state index contributed by atoms with van der Waals surface area (Å²) in [5.74, 6) is 3.46. The number of ether oxygens (including phenoxy) is 1. The second-order valence-electron chi connectivity index (χ2n) is 5.37. The molecule has 118 valence electrons. The maximum Gasteiger partial charge on any atom is 0.178 e. The predicted molar refractivity (Wildman–Crippen MR) is 77.9 cm³/mol. The van der Waals surface area contributed by atoms with E-state index in [0.29, 0.717) is 6.61 Å². The Bertz CT molecular complexity index is 494. The molecule has 7 heteroatoms. The van der Waals surface area contributed by atoms with E-state index in [-0.39, 0.29) is 23.3 Å². The number of aromatic nitrogens is 1. The van der Waals surface area contributed by atoms with E-state index in [9.17, 15) is 8.78 Å². The highest BCUT2D eigenvalue weighted by molar-refractivity contribution is 5.47. The molecule has 0 amide bonds. The van der Waals surface area contributed by atoms with Crippen molar-refractivity contribution < 1.29 is 13.5 Å². The fourth-order valence-electron chi connectivity index (χ4n) is 2.76. The quantitative estimate of drug-likeness (QED) is 0.576. The van der Waals surface area contributed by atoms with Gasteiger partial charge in [-0.15, -0.1) is 0 Å². The molecule has 0 bridgehead atoms. The lowest BCUT2D eigenvalue weighted by Gasteiger charge is -2.40. The third-order valence-corrected chi connectivity index (χ3v) is 4.19. The zero-order valence-corrected chi connectivity index (χ0v) is 12.4. The molecule has 1 aliphatic heterocycles. The average molecular weight is 300 g/mol. The van der Waals surface area contributed by atoms with E-state index >= 15 is 0 Å². The molecule has 2 heterocycles.